The highest BCUT2D eigenvalue weighted by Gasteiger charge is 2.34. The Bertz CT molecular complexity index is 941. The molecule has 0 spiro atoms. The van der Waals surface area contributed by atoms with Gasteiger partial charge in [0.15, 0.2) is 9.84 Å². The molecular weight excluding hydrogens is 530 g/mol. The quantitative estimate of drug-likeness (QED) is 0.206. The van der Waals surface area contributed by atoms with E-state index in [9.17, 15) is 32.7 Å². The molecule has 4 N–H and O–H groups in total. The lowest BCUT2D eigenvalue weighted by molar-refractivity contribution is -0.151. The van der Waals surface area contributed by atoms with Gasteiger partial charge in [0.25, 0.3) is 0 Å². The van der Waals surface area contributed by atoms with Crippen molar-refractivity contribution in [1.29, 1.82) is 0 Å². The van der Waals surface area contributed by atoms with Crippen LogP contribution >= 0.6 is 21.6 Å². The molecule has 1 fully saturated rings. The van der Waals surface area contributed by atoms with E-state index in [1.807, 2.05) is 0 Å². The smallest absolute Gasteiger partial charge is 0.309 e. The molecule has 14 heteroatoms. The van der Waals surface area contributed by atoms with E-state index < -0.39 is 76.0 Å². The van der Waals surface area contributed by atoms with E-state index in [0.29, 0.717) is 12.2 Å². The molecule has 36 heavy (non-hydrogen) atoms. The molecule has 0 aromatic carbocycles. The van der Waals surface area contributed by atoms with E-state index >= 15 is 0 Å². The Morgan fingerprint density at radius 2 is 1.81 bits per heavy atom. The average molecular weight is 566 g/mol. The van der Waals surface area contributed by atoms with Crippen molar-refractivity contribution in [3.8, 4) is 0 Å². The van der Waals surface area contributed by atoms with Crippen molar-refractivity contribution in [3.05, 3.63) is 12.2 Å². The van der Waals surface area contributed by atoms with Crippen LogP contribution in [0.2, 0.25) is 0 Å². The van der Waals surface area contributed by atoms with Gasteiger partial charge in [0, 0.05) is 17.3 Å². The summed E-state index contributed by atoms with van der Waals surface area (Å²) in [4.78, 5) is 51.7. The van der Waals surface area contributed by atoms with Crippen molar-refractivity contribution in [3.63, 3.8) is 0 Å². The number of carbonyl (C=O) groups excluding carboxylic acids is 4. The zero-order valence-electron chi connectivity index (χ0n) is 20.6. The van der Waals surface area contributed by atoms with Crippen LogP contribution in [0.1, 0.15) is 40.0 Å². The third-order valence-corrected chi connectivity index (χ3v) is 9.84. The van der Waals surface area contributed by atoms with E-state index in [2.05, 4.69) is 16.0 Å². The van der Waals surface area contributed by atoms with Gasteiger partial charge in [-0.05, 0) is 18.4 Å². The second-order valence-electron chi connectivity index (χ2n) is 8.99. The van der Waals surface area contributed by atoms with E-state index in [1.165, 1.54) is 28.5 Å². The van der Waals surface area contributed by atoms with Gasteiger partial charge in [-0.1, -0.05) is 48.4 Å². The van der Waals surface area contributed by atoms with Gasteiger partial charge in [0.1, 0.15) is 18.2 Å². The molecule has 0 radical (unpaired) electrons. The fourth-order valence-corrected chi connectivity index (χ4v) is 6.76. The van der Waals surface area contributed by atoms with Gasteiger partial charge < -0.3 is 25.8 Å². The Kier molecular flexibility index (Phi) is 12.0. The van der Waals surface area contributed by atoms with Crippen LogP contribution in [0, 0.1) is 5.92 Å². The van der Waals surface area contributed by atoms with Gasteiger partial charge in [0.2, 0.25) is 17.7 Å². The summed E-state index contributed by atoms with van der Waals surface area (Å²) in [5.41, 5.74) is 0. The summed E-state index contributed by atoms with van der Waals surface area (Å²) >= 11 is 0. The fraction of sp³-hybridized carbons (Fsp3) is 0.727. The van der Waals surface area contributed by atoms with E-state index in [0.717, 1.165) is 0 Å². The first-order valence-electron chi connectivity index (χ1n) is 11.8. The first kappa shape index (κ1) is 30.5. The molecule has 2 heterocycles. The molecule has 204 valence electrons. The molecule has 2 rings (SSSR count). The Labute approximate surface area is 219 Å². The maximum absolute atomic E-state index is 13.2. The van der Waals surface area contributed by atoms with E-state index in [1.54, 1.807) is 26.0 Å². The summed E-state index contributed by atoms with van der Waals surface area (Å²) in [6.07, 6.45) is 0.945. The monoisotopic (exact) mass is 565 g/mol. The van der Waals surface area contributed by atoms with Crippen LogP contribution in [0.25, 0.3) is 0 Å². The minimum atomic E-state index is -3.68. The maximum atomic E-state index is 13.2. The predicted molar refractivity (Wildman–Crippen MR) is 139 cm³/mol. The lowest BCUT2D eigenvalue weighted by Crippen LogP contribution is -2.59. The minimum absolute atomic E-state index is 0.165. The number of amides is 3. The summed E-state index contributed by atoms with van der Waals surface area (Å²) in [5, 5.41) is 18.4. The highest BCUT2D eigenvalue weighted by molar-refractivity contribution is 8.76. The molecule has 0 unspecified atom stereocenters. The van der Waals surface area contributed by atoms with Crippen molar-refractivity contribution in [2.45, 2.75) is 70.4 Å². The lowest BCUT2D eigenvalue weighted by Gasteiger charge is -2.29. The zero-order chi connectivity index (χ0) is 26.9. The van der Waals surface area contributed by atoms with Gasteiger partial charge in [-0.2, -0.15) is 0 Å². The van der Waals surface area contributed by atoms with Gasteiger partial charge in [-0.15, -0.1) is 0 Å². The number of esters is 1. The molecule has 0 aliphatic carbocycles. The number of rotatable bonds is 4. The normalized spacial score (nSPS) is 30.6. The number of fused-ring (bicyclic) bond motifs is 7. The van der Waals surface area contributed by atoms with E-state index in [4.69, 9.17) is 4.74 Å². The molecule has 2 bridgehead atoms. The standard InChI is InChI=1S/C22H35N3O8S3/c1-4-36(31,32)12-16-22(30)24-15-11-35-34-8-6-5-7-14(9-18(27)23-16)33-19(28)10-17(26)20(13(2)3)25-21(15)29/h5,7,13-17,20,26H,4,6,8-12H2,1-3H3,(H,23,27)(H,24,30)(H,25,29)/b7-5+/t14-,15-,16-,17+,20-/m1/s1. The fourth-order valence-electron chi connectivity index (χ4n) is 3.62. The molecule has 3 amide bonds. The number of carbonyl (C=O) groups is 4. The number of sulfone groups is 1. The van der Waals surface area contributed by atoms with Crippen LogP contribution in [0.4, 0.5) is 0 Å². The van der Waals surface area contributed by atoms with Crippen molar-refractivity contribution in [1.82, 2.24) is 16.0 Å². The Hall–Kier alpha value is -1.77. The number of aliphatic hydroxyl groups is 1. The summed E-state index contributed by atoms with van der Waals surface area (Å²) < 4.78 is 30.0. The Balaban J connectivity index is 2.52. The third-order valence-electron chi connectivity index (χ3n) is 5.67. The van der Waals surface area contributed by atoms with Gasteiger partial charge in [-0.25, -0.2) is 8.42 Å². The molecular formula is C22H35N3O8S3. The highest BCUT2D eigenvalue weighted by Crippen LogP contribution is 2.24. The summed E-state index contributed by atoms with van der Waals surface area (Å²) in [5.74, 6) is -3.17. The van der Waals surface area contributed by atoms with Crippen LogP contribution in [0.15, 0.2) is 12.2 Å². The summed E-state index contributed by atoms with van der Waals surface area (Å²) in [6.45, 7) is 4.97. The third kappa shape index (κ3) is 9.94. The van der Waals surface area contributed by atoms with Crippen LogP contribution in [0.3, 0.4) is 0 Å². The first-order chi connectivity index (χ1) is 16.9. The molecule has 11 nitrogen and oxygen atoms in total. The van der Waals surface area contributed by atoms with Crippen LogP contribution in [-0.4, -0.2) is 90.6 Å². The second-order valence-corrected chi connectivity index (χ2v) is 14.0. The number of hydrogen-bond donors (Lipinski definition) is 4. The maximum Gasteiger partial charge on any atom is 0.309 e. The SMILES string of the molecule is CCS(=O)(=O)C[C@H]1NC(=O)C[C@H]2/C=C/CCSSC[C@@H](NC1=O)C(=O)N[C@H](C(C)C)[C@@H](O)CC(=O)O2. The minimum Gasteiger partial charge on any atom is -0.457 e. The zero-order valence-corrected chi connectivity index (χ0v) is 23.0. The molecule has 5 atom stereocenters. The van der Waals surface area contributed by atoms with Crippen LogP contribution in [-0.2, 0) is 33.8 Å². The number of hydrogen-bond acceptors (Lipinski definition) is 10. The molecule has 1 saturated heterocycles. The van der Waals surface area contributed by atoms with Crippen LogP contribution in [0.5, 0.6) is 0 Å². The number of allylic oxidation sites excluding steroid dienone is 1. The van der Waals surface area contributed by atoms with Crippen molar-refractivity contribution >= 4 is 55.1 Å². The molecule has 0 aromatic heterocycles. The number of nitrogens with one attached hydrogen (secondary N) is 3. The molecule has 2 aliphatic rings. The van der Waals surface area contributed by atoms with E-state index in [-0.39, 0.29) is 23.8 Å². The summed E-state index contributed by atoms with van der Waals surface area (Å²) in [7, 11) is -0.838. The van der Waals surface area contributed by atoms with Crippen molar-refractivity contribution < 1.29 is 37.4 Å². The molecule has 0 saturated carbocycles. The number of aliphatic hydroxyl groups excluding tert-OH is 1. The highest BCUT2D eigenvalue weighted by atomic mass is 33.1. The lowest BCUT2D eigenvalue weighted by atomic mass is 9.96. The second kappa shape index (κ2) is 14.2. The van der Waals surface area contributed by atoms with Gasteiger partial charge in [-0.3, -0.25) is 19.2 Å². The molecule has 2 aliphatic heterocycles. The van der Waals surface area contributed by atoms with Crippen molar-refractivity contribution in [2.75, 3.05) is 23.0 Å². The van der Waals surface area contributed by atoms with Gasteiger partial charge in [0.05, 0.1) is 30.7 Å². The largest absolute Gasteiger partial charge is 0.457 e. The Morgan fingerprint density at radius 1 is 1.08 bits per heavy atom. The van der Waals surface area contributed by atoms with Crippen molar-refractivity contribution in [2.24, 2.45) is 5.92 Å². The topological polar surface area (TPSA) is 168 Å². The van der Waals surface area contributed by atoms with Gasteiger partial charge >= 0.3 is 5.97 Å². The number of ether oxygens (including phenoxy) is 1. The average Bonchev–Trinajstić information content (AvgIpc) is 2.78. The van der Waals surface area contributed by atoms with Crippen LogP contribution < -0.4 is 16.0 Å². The Morgan fingerprint density at radius 3 is 2.47 bits per heavy atom. The summed E-state index contributed by atoms with van der Waals surface area (Å²) in [6, 6.07) is -3.33. The first-order valence-corrected chi connectivity index (χ1v) is 16.1. The predicted octanol–water partition coefficient (Wildman–Crippen LogP) is -0.0607. The molecule has 0 aromatic rings.